The van der Waals surface area contributed by atoms with Crippen LogP contribution in [0.1, 0.15) is 17.3 Å². The van der Waals surface area contributed by atoms with E-state index >= 15 is 0 Å². The second kappa shape index (κ2) is 4.23. The molecule has 2 aromatic rings. The van der Waals surface area contributed by atoms with Gasteiger partial charge in [-0.05, 0) is 31.2 Å². The second-order valence-electron chi connectivity index (χ2n) is 3.48. The molecule has 16 heavy (non-hydrogen) atoms. The van der Waals surface area contributed by atoms with Gasteiger partial charge in [-0.15, -0.1) is 0 Å². The van der Waals surface area contributed by atoms with Gasteiger partial charge in [-0.2, -0.15) is 0 Å². The molecule has 0 bridgehead atoms. The molecule has 3 nitrogen and oxygen atoms in total. The fourth-order valence-electron chi connectivity index (χ4n) is 1.57. The molecule has 0 saturated heterocycles. The van der Waals surface area contributed by atoms with E-state index in [4.69, 9.17) is 9.15 Å². The highest BCUT2D eigenvalue weighted by Crippen LogP contribution is 2.31. The van der Waals surface area contributed by atoms with Crippen molar-refractivity contribution in [3.8, 4) is 16.9 Å². The normalized spacial score (nSPS) is 10.1. The summed E-state index contributed by atoms with van der Waals surface area (Å²) >= 11 is 0. The number of rotatable bonds is 3. The maximum Gasteiger partial charge on any atom is 0.159 e. The van der Waals surface area contributed by atoms with Crippen LogP contribution in [-0.4, -0.2) is 12.9 Å². The first-order valence-corrected chi connectivity index (χ1v) is 4.94. The van der Waals surface area contributed by atoms with Crippen molar-refractivity contribution >= 4 is 5.78 Å². The van der Waals surface area contributed by atoms with Crippen LogP contribution in [0, 0.1) is 0 Å². The van der Waals surface area contributed by atoms with Gasteiger partial charge in [0.1, 0.15) is 5.75 Å². The number of furan rings is 1. The lowest BCUT2D eigenvalue weighted by atomic mass is 10.0. The van der Waals surface area contributed by atoms with Gasteiger partial charge in [0.15, 0.2) is 5.78 Å². The minimum absolute atomic E-state index is 0.0346. The molecule has 0 radical (unpaired) electrons. The zero-order valence-corrected chi connectivity index (χ0v) is 9.19. The summed E-state index contributed by atoms with van der Waals surface area (Å²) in [5, 5.41) is 0. The fourth-order valence-corrected chi connectivity index (χ4v) is 1.57. The summed E-state index contributed by atoms with van der Waals surface area (Å²) in [6, 6.07) is 7.19. The molecule has 0 aliphatic carbocycles. The third-order valence-corrected chi connectivity index (χ3v) is 2.44. The van der Waals surface area contributed by atoms with Gasteiger partial charge >= 0.3 is 0 Å². The molecule has 0 unspecified atom stereocenters. The van der Waals surface area contributed by atoms with E-state index in [0.717, 1.165) is 16.9 Å². The molecule has 0 fully saturated rings. The highest BCUT2D eigenvalue weighted by Gasteiger charge is 2.09. The number of ether oxygens (including phenoxy) is 1. The number of carbonyl (C=O) groups is 1. The Bertz CT molecular complexity index is 498. The number of benzene rings is 1. The number of Topliss-reactive ketones (excluding diaryl/α,β-unsaturated/α-hetero) is 1. The molecule has 0 amide bonds. The maximum absolute atomic E-state index is 11.3. The topological polar surface area (TPSA) is 39.4 Å². The van der Waals surface area contributed by atoms with Gasteiger partial charge in [0.25, 0.3) is 0 Å². The third-order valence-electron chi connectivity index (χ3n) is 2.44. The molecular formula is C13H12O3. The van der Waals surface area contributed by atoms with Crippen LogP contribution in [0.15, 0.2) is 41.2 Å². The molecule has 0 aliphatic heterocycles. The first kappa shape index (κ1) is 10.5. The van der Waals surface area contributed by atoms with Crippen molar-refractivity contribution in [2.24, 2.45) is 0 Å². The van der Waals surface area contributed by atoms with Gasteiger partial charge in [0, 0.05) is 16.7 Å². The molecule has 0 spiro atoms. The summed E-state index contributed by atoms with van der Waals surface area (Å²) in [6.45, 7) is 1.54. The Labute approximate surface area is 93.7 Å². The van der Waals surface area contributed by atoms with Crippen LogP contribution < -0.4 is 4.74 Å². The lowest BCUT2D eigenvalue weighted by Gasteiger charge is -2.07. The average Bonchev–Trinajstić information content (AvgIpc) is 2.81. The van der Waals surface area contributed by atoms with Crippen molar-refractivity contribution < 1.29 is 13.9 Å². The molecule has 0 aliphatic rings. The van der Waals surface area contributed by atoms with Crippen molar-refractivity contribution in [2.75, 3.05) is 7.11 Å². The van der Waals surface area contributed by atoms with E-state index in [9.17, 15) is 4.79 Å². The first-order chi connectivity index (χ1) is 7.72. The molecule has 2 rings (SSSR count). The third kappa shape index (κ3) is 1.84. The molecule has 1 aromatic heterocycles. The molecule has 0 N–H and O–H groups in total. The van der Waals surface area contributed by atoms with E-state index in [1.807, 2.05) is 12.1 Å². The molecule has 0 atom stereocenters. The predicted molar refractivity (Wildman–Crippen MR) is 60.7 cm³/mol. The Hall–Kier alpha value is -2.03. The Balaban J connectivity index is 2.56. The van der Waals surface area contributed by atoms with Crippen molar-refractivity contribution in [1.29, 1.82) is 0 Å². The average molecular weight is 216 g/mol. The van der Waals surface area contributed by atoms with E-state index in [1.165, 1.54) is 0 Å². The lowest BCUT2D eigenvalue weighted by molar-refractivity contribution is 0.101. The van der Waals surface area contributed by atoms with Crippen LogP contribution in [0.3, 0.4) is 0 Å². The monoisotopic (exact) mass is 216 g/mol. The highest BCUT2D eigenvalue weighted by atomic mass is 16.5. The Morgan fingerprint density at radius 2 is 2.12 bits per heavy atom. The number of methoxy groups -OCH3 is 1. The minimum atomic E-state index is 0.0346. The summed E-state index contributed by atoms with van der Waals surface area (Å²) in [5.41, 5.74) is 2.43. The van der Waals surface area contributed by atoms with Gasteiger partial charge in [-0.3, -0.25) is 4.79 Å². The van der Waals surface area contributed by atoms with Crippen LogP contribution in [0.5, 0.6) is 5.75 Å². The lowest BCUT2D eigenvalue weighted by Crippen LogP contribution is -1.94. The molecule has 1 aromatic carbocycles. The molecule has 1 heterocycles. The summed E-state index contributed by atoms with van der Waals surface area (Å²) in [7, 11) is 1.60. The van der Waals surface area contributed by atoms with E-state index in [0.29, 0.717) is 5.56 Å². The van der Waals surface area contributed by atoms with Gasteiger partial charge < -0.3 is 9.15 Å². The minimum Gasteiger partial charge on any atom is -0.496 e. The largest absolute Gasteiger partial charge is 0.496 e. The summed E-state index contributed by atoms with van der Waals surface area (Å²) in [6.07, 6.45) is 3.22. The van der Waals surface area contributed by atoms with Gasteiger partial charge in [-0.1, -0.05) is 0 Å². The van der Waals surface area contributed by atoms with E-state index < -0.39 is 0 Å². The zero-order chi connectivity index (χ0) is 11.5. The van der Waals surface area contributed by atoms with Crippen LogP contribution in [0.25, 0.3) is 11.1 Å². The van der Waals surface area contributed by atoms with Crippen molar-refractivity contribution in [3.63, 3.8) is 0 Å². The Kier molecular flexibility index (Phi) is 2.77. The maximum atomic E-state index is 11.3. The molecule has 0 saturated carbocycles. The number of hydrogen-bond acceptors (Lipinski definition) is 3. The zero-order valence-electron chi connectivity index (χ0n) is 9.19. The standard InChI is InChI=1S/C13H12O3/c1-9(14)10-3-4-13(15-2)12(7-10)11-5-6-16-8-11/h3-8H,1-2H3. The predicted octanol–water partition coefficient (Wildman–Crippen LogP) is 3.16. The van der Waals surface area contributed by atoms with Gasteiger partial charge in [0.05, 0.1) is 19.6 Å². The summed E-state index contributed by atoms with van der Waals surface area (Å²) in [4.78, 5) is 11.3. The van der Waals surface area contributed by atoms with Crippen molar-refractivity contribution in [1.82, 2.24) is 0 Å². The van der Waals surface area contributed by atoms with E-state index in [1.54, 1.807) is 38.7 Å². The Morgan fingerprint density at radius 1 is 1.31 bits per heavy atom. The van der Waals surface area contributed by atoms with E-state index in [2.05, 4.69) is 0 Å². The highest BCUT2D eigenvalue weighted by molar-refractivity contribution is 5.95. The van der Waals surface area contributed by atoms with Crippen LogP contribution in [-0.2, 0) is 0 Å². The first-order valence-electron chi connectivity index (χ1n) is 4.94. The van der Waals surface area contributed by atoms with Crippen LogP contribution >= 0.6 is 0 Å². The second-order valence-corrected chi connectivity index (χ2v) is 3.48. The smallest absolute Gasteiger partial charge is 0.159 e. The molecule has 3 heteroatoms. The SMILES string of the molecule is COc1ccc(C(C)=O)cc1-c1ccoc1. The van der Waals surface area contributed by atoms with E-state index in [-0.39, 0.29) is 5.78 Å². The van der Waals surface area contributed by atoms with Gasteiger partial charge in [-0.25, -0.2) is 0 Å². The number of ketones is 1. The summed E-state index contributed by atoms with van der Waals surface area (Å²) < 4.78 is 10.3. The molecular weight excluding hydrogens is 204 g/mol. The molecule has 82 valence electrons. The van der Waals surface area contributed by atoms with Crippen LogP contribution in [0.2, 0.25) is 0 Å². The Morgan fingerprint density at radius 3 is 2.69 bits per heavy atom. The number of hydrogen-bond donors (Lipinski definition) is 0. The summed E-state index contributed by atoms with van der Waals surface area (Å²) in [5.74, 6) is 0.763. The number of carbonyl (C=O) groups excluding carboxylic acids is 1. The fraction of sp³-hybridized carbons (Fsp3) is 0.154. The quantitative estimate of drug-likeness (QED) is 0.740. The van der Waals surface area contributed by atoms with Crippen molar-refractivity contribution in [3.05, 3.63) is 42.4 Å². The van der Waals surface area contributed by atoms with Crippen LogP contribution in [0.4, 0.5) is 0 Å². The van der Waals surface area contributed by atoms with Crippen molar-refractivity contribution in [2.45, 2.75) is 6.92 Å². The van der Waals surface area contributed by atoms with Gasteiger partial charge in [0.2, 0.25) is 0 Å².